The Kier molecular flexibility index (Phi) is 4.60. The van der Waals surface area contributed by atoms with Gasteiger partial charge < -0.3 is 0 Å². The van der Waals surface area contributed by atoms with Crippen LogP contribution in [-0.4, -0.2) is 38.2 Å². The number of rotatable bonds is 4. The molecule has 0 spiro atoms. The molecule has 0 radical (unpaired) electrons. The van der Waals surface area contributed by atoms with E-state index in [-0.39, 0.29) is 6.04 Å². The van der Waals surface area contributed by atoms with Crippen LogP contribution in [0, 0.1) is 6.92 Å². The summed E-state index contributed by atoms with van der Waals surface area (Å²) in [6.45, 7) is 4.41. The quantitative estimate of drug-likeness (QED) is 0.860. The van der Waals surface area contributed by atoms with Crippen LogP contribution in [0.5, 0.6) is 0 Å². The molecule has 2 aliphatic rings. The summed E-state index contributed by atoms with van der Waals surface area (Å²) in [5.74, 6) is 1.03. The van der Waals surface area contributed by atoms with Crippen molar-refractivity contribution in [2.45, 2.75) is 64.0 Å². The molecule has 5 heteroatoms. The molecule has 0 amide bonds. The van der Waals surface area contributed by atoms with Gasteiger partial charge in [0.2, 0.25) is 0 Å². The highest BCUT2D eigenvalue weighted by Crippen LogP contribution is 2.35. The van der Waals surface area contributed by atoms with Crippen molar-refractivity contribution in [1.82, 2.24) is 25.1 Å². The van der Waals surface area contributed by atoms with E-state index in [0.29, 0.717) is 6.04 Å². The Morgan fingerprint density at radius 2 is 1.67 bits per heavy atom. The Labute approximate surface area is 144 Å². The maximum Gasteiger partial charge on any atom is 0.173 e. The molecule has 0 N–H and O–H groups in total. The van der Waals surface area contributed by atoms with Crippen LogP contribution in [0.15, 0.2) is 24.3 Å². The molecule has 24 heavy (non-hydrogen) atoms. The zero-order chi connectivity index (χ0) is 16.4. The molecule has 1 aromatic heterocycles. The van der Waals surface area contributed by atoms with Gasteiger partial charge in [-0.1, -0.05) is 49.1 Å². The van der Waals surface area contributed by atoms with Crippen molar-refractivity contribution < 1.29 is 0 Å². The summed E-state index contributed by atoms with van der Waals surface area (Å²) in [6.07, 6.45) is 8.88. The van der Waals surface area contributed by atoms with Crippen molar-refractivity contribution in [2.75, 3.05) is 13.1 Å². The summed E-state index contributed by atoms with van der Waals surface area (Å²) < 4.78 is 2.13. The van der Waals surface area contributed by atoms with E-state index in [4.69, 9.17) is 0 Å². The number of benzene rings is 1. The topological polar surface area (TPSA) is 46.8 Å². The summed E-state index contributed by atoms with van der Waals surface area (Å²) in [6, 6.07) is 9.57. The van der Waals surface area contributed by atoms with Gasteiger partial charge >= 0.3 is 0 Å². The van der Waals surface area contributed by atoms with Gasteiger partial charge in [-0.2, -0.15) is 0 Å². The molecule has 0 bridgehead atoms. The van der Waals surface area contributed by atoms with E-state index < -0.39 is 0 Å². The number of piperidine rings is 1. The molecule has 1 aromatic carbocycles. The first kappa shape index (κ1) is 15.8. The Morgan fingerprint density at radius 1 is 0.958 bits per heavy atom. The predicted molar refractivity (Wildman–Crippen MR) is 93.8 cm³/mol. The van der Waals surface area contributed by atoms with E-state index in [1.165, 1.54) is 56.1 Å². The highest BCUT2D eigenvalue weighted by molar-refractivity contribution is 5.28. The van der Waals surface area contributed by atoms with Gasteiger partial charge in [-0.15, -0.1) is 5.10 Å². The lowest BCUT2D eigenvalue weighted by Gasteiger charge is -2.34. The first-order valence-corrected chi connectivity index (χ1v) is 9.41. The molecule has 1 aliphatic carbocycles. The monoisotopic (exact) mass is 325 g/mol. The van der Waals surface area contributed by atoms with Crippen LogP contribution < -0.4 is 0 Å². The zero-order valence-corrected chi connectivity index (χ0v) is 14.6. The second kappa shape index (κ2) is 7.01. The minimum Gasteiger partial charge on any atom is -0.290 e. The van der Waals surface area contributed by atoms with Crippen LogP contribution >= 0.6 is 0 Å². The van der Waals surface area contributed by atoms with E-state index in [2.05, 4.69) is 56.3 Å². The molecular formula is C19H27N5. The summed E-state index contributed by atoms with van der Waals surface area (Å²) >= 11 is 0. The third-order valence-corrected chi connectivity index (χ3v) is 5.58. The molecule has 5 nitrogen and oxygen atoms in total. The number of aryl methyl sites for hydroxylation is 1. The minimum absolute atomic E-state index is 0.182. The lowest BCUT2D eigenvalue weighted by Crippen LogP contribution is -2.36. The van der Waals surface area contributed by atoms with Crippen molar-refractivity contribution >= 4 is 0 Å². The van der Waals surface area contributed by atoms with E-state index in [1.54, 1.807) is 0 Å². The number of hydrogen-bond donors (Lipinski definition) is 0. The SMILES string of the molecule is Cc1ccc(C(c2nnnn2C2CCCC2)N2CCCCC2)cc1. The third kappa shape index (κ3) is 3.09. The van der Waals surface area contributed by atoms with Crippen LogP contribution in [0.25, 0.3) is 0 Å². The maximum atomic E-state index is 4.50. The molecule has 1 atom stereocenters. The molecular weight excluding hydrogens is 298 g/mol. The van der Waals surface area contributed by atoms with Gasteiger partial charge in [0, 0.05) is 0 Å². The van der Waals surface area contributed by atoms with Crippen molar-refractivity contribution in [1.29, 1.82) is 0 Å². The van der Waals surface area contributed by atoms with Gasteiger partial charge in [-0.25, -0.2) is 4.68 Å². The average Bonchev–Trinajstić information content (AvgIpc) is 3.29. The molecule has 128 valence electrons. The van der Waals surface area contributed by atoms with Crippen LogP contribution in [-0.2, 0) is 0 Å². The van der Waals surface area contributed by atoms with Crippen LogP contribution in [0.3, 0.4) is 0 Å². The molecule has 2 aromatic rings. The normalized spacial score (nSPS) is 21.2. The summed E-state index contributed by atoms with van der Waals surface area (Å²) in [5, 5.41) is 12.9. The van der Waals surface area contributed by atoms with Gasteiger partial charge in [-0.3, -0.25) is 4.90 Å². The number of hydrogen-bond acceptors (Lipinski definition) is 4. The third-order valence-electron chi connectivity index (χ3n) is 5.58. The van der Waals surface area contributed by atoms with Crippen molar-refractivity contribution in [3.05, 3.63) is 41.2 Å². The fourth-order valence-corrected chi connectivity index (χ4v) is 4.24. The second-order valence-electron chi connectivity index (χ2n) is 7.33. The molecule has 2 heterocycles. The Bertz CT molecular complexity index is 651. The number of aromatic nitrogens is 4. The second-order valence-corrected chi connectivity index (χ2v) is 7.33. The van der Waals surface area contributed by atoms with Gasteiger partial charge in [0.1, 0.15) is 0 Å². The molecule has 1 saturated heterocycles. The lowest BCUT2D eigenvalue weighted by molar-refractivity contribution is 0.175. The average molecular weight is 325 g/mol. The molecule has 2 fully saturated rings. The van der Waals surface area contributed by atoms with Gasteiger partial charge in [0.15, 0.2) is 5.82 Å². The van der Waals surface area contributed by atoms with Crippen molar-refractivity contribution in [3.8, 4) is 0 Å². The van der Waals surface area contributed by atoms with Crippen molar-refractivity contribution in [3.63, 3.8) is 0 Å². The van der Waals surface area contributed by atoms with E-state index >= 15 is 0 Å². The molecule has 1 aliphatic heterocycles. The first-order chi connectivity index (χ1) is 11.8. The fourth-order valence-electron chi connectivity index (χ4n) is 4.24. The highest BCUT2D eigenvalue weighted by Gasteiger charge is 2.31. The van der Waals surface area contributed by atoms with Crippen LogP contribution in [0.2, 0.25) is 0 Å². The number of tetrazole rings is 1. The first-order valence-electron chi connectivity index (χ1n) is 9.41. The van der Waals surface area contributed by atoms with E-state index in [9.17, 15) is 0 Å². The molecule has 1 saturated carbocycles. The largest absolute Gasteiger partial charge is 0.290 e. The fraction of sp³-hybridized carbons (Fsp3) is 0.632. The smallest absolute Gasteiger partial charge is 0.173 e. The Morgan fingerprint density at radius 3 is 2.38 bits per heavy atom. The summed E-state index contributed by atoms with van der Waals surface area (Å²) in [5.41, 5.74) is 2.61. The van der Waals surface area contributed by atoms with Gasteiger partial charge in [0.05, 0.1) is 12.1 Å². The van der Waals surface area contributed by atoms with E-state index in [1.807, 2.05) is 0 Å². The number of nitrogens with zero attached hydrogens (tertiary/aromatic N) is 5. The minimum atomic E-state index is 0.182. The lowest BCUT2D eigenvalue weighted by atomic mass is 9.99. The molecule has 1 unspecified atom stereocenters. The highest BCUT2D eigenvalue weighted by atomic mass is 15.6. The van der Waals surface area contributed by atoms with E-state index in [0.717, 1.165) is 18.9 Å². The van der Waals surface area contributed by atoms with Gasteiger partial charge in [0.25, 0.3) is 0 Å². The summed E-state index contributed by atoms with van der Waals surface area (Å²) in [4.78, 5) is 2.57. The Hall–Kier alpha value is -1.75. The Balaban J connectivity index is 1.72. The van der Waals surface area contributed by atoms with Crippen LogP contribution in [0.1, 0.15) is 74.0 Å². The van der Waals surface area contributed by atoms with Gasteiger partial charge in [-0.05, 0) is 61.7 Å². The predicted octanol–water partition coefficient (Wildman–Crippen LogP) is 3.67. The standard InChI is InChI=1S/C19H27N5/c1-15-9-11-16(12-10-15)18(23-13-5-2-6-14-23)19-20-21-22-24(19)17-7-3-4-8-17/h9-12,17-18H,2-8,13-14H2,1H3. The maximum absolute atomic E-state index is 4.50. The zero-order valence-electron chi connectivity index (χ0n) is 14.6. The number of likely N-dealkylation sites (tertiary alicyclic amines) is 1. The van der Waals surface area contributed by atoms with Crippen LogP contribution in [0.4, 0.5) is 0 Å². The molecule has 4 rings (SSSR count). The summed E-state index contributed by atoms with van der Waals surface area (Å²) in [7, 11) is 0. The van der Waals surface area contributed by atoms with Crippen molar-refractivity contribution in [2.24, 2.45) is 0 Å².